The zero-order chi connectivity index (χ0) is 20.2. The molecule has 0 saturated carbocycles. The molecule has 154 valence electrons. The van der Waals surface area contributed by atoms with Crippen molar-refractivity contribution in [2.75, 3.05) is 66.9 Å². The molecule has 0 aliphatic carbocycles. The first-order valence-corrected chi connectivity index (χ1v) is 10.1. The van der Waals surface area contributed by atoms with Crippen LogP contribution in [0.5, 0.6) is 0 Å². The van der Waals surface area contributed by atoms with E-state index in [2.05, 4.69) is 40.6 Å². The molecule has 0 amide bonds. The fraction of sp³-hybridized carbons (Fsp3) is 0.550. The van der Waals surface area contributed by atoms with Gasteiger partial charge in [0.25, 0.3) is 0 Å². The quantitative estimate of drug-likeness (QED) is 0.806. The monoisotopic (exact) mass is 397 g/mol. The highest BCUT2D eigenvalue weighted by Crippen LogP contribution is 2.48. The van der Waals surface area contributed by atoms with Crippen LogP contribution >= 0.6 is 0 Å². The molecule has 3 aliphatic heterocycles. The first-order chi connectivity index (χ1) is 14.0. The molecule has 1 unspecified atom stereocenters. The Labute approximate surface area is 170 Å². The minimum absolute atomic E-state index is 0.0677. The van der Waals surface area contributed by atoms with Crippen molar-refractivity contribution in [1.29, 1.82) is 0 Å². The third-order valence-electron chi connectivity index (χ3n) is 5.91. The summed E-state index contributed by atoms with van der Waals surface area (Å²) in [4.78, 5) is 21.0. The number of nitrogen functional groups attached to an aromatic ring is 1. The zero-order valence-corrected chi connectivity index (χ0v) is 17.1. The zero-order valence-electron chi connectivity index (χ0n) is 17.1. The maximum Gasteiger partial charge on any atom is 0.164 e. The van der Waals surface area contributed by atoms with Gasteiger partial charge in [0.15, 0.2) is 17.5 Å². The smallest absolute Gasteiger partial charge is 0.164 e. The lowest BCUT2D eigenvalue weighted by atomic mass is 10.0. The predicted octanol–water partition coefficient (Wildman–Crippen LogP) is 1.35. The maximum atomic E-state index is 6.11. The molecule has 0 aromatic carbocycles. The first kappa shape index (κ1) is 18.4. The Bertz CT molecular complexity index is 929. The number of anilines is 4. The molecule has 5 rings (SSSR count). The van der Waals surface area contributed by atoms with Gasteiger partial charge >= 0.3 is 0 Å². The second-order valence-electron chi connectivity index (χ2n) is 8.24. The fourth-order valence-electron chi connectivity index (χ4n) is 4.66. The molecule has 9 heteroatoms. The van der Waals surface area contributed by atoms with E-state index in [1.807, 2.05) is 12.1 Å². The van der Waals surface area contributed by atoms with Gasteiger partial charge in [-0.2, -0.15) is 0 Å². The van der Waals surface area contributed by atoms with Gasteiger partial charge in [0.1, 0.15) is 23.3 Å². The van der Waals surface area contributed by atoms with Crippen LogP contribution in [-0.2, 0) is 9.47 Å². The standard InChI is InChI=1S/C20H27N7O2/c1-20(2)19-25(3)15-17(26-6-9-28-10-7-26)23-16(13-4-5-22-14(21)12-13)24-18(15)27(19)8-11-29-20/h4-5,12,19H,6-11H2,1-3H3,(H2,21,22). The van der Waals surface area contributed by atoms with E-state index >= 15 is 0 Å². The lowest BCUT2D eigenvalue weighted by Crippen LogP contribution is -2.61. The normalized spacial score (nSPS) is 23.1. The molecule has 0 radical (unpaired) electrons. The molecule has 5 heterocycles. The molecule has 2 aromatic heterocycles. The Balaban J connectivity index is 1.69. The van der Waals surface area contributed by atoms with E-state index in [-0.39, 0.29) is 11.8 Å². The van der Waals surface area contributed by atoms with Crippen LogP contribution in [0.15, 0.2) is 18.3 Å². The van der Waals surface area contributed by atoms with Crippen molar-refractivity contribution in [2.24, 2.45) is 0 Å². The summed E-state index contributed by atoms with van der Waals surface area (Å²) in [5.41, 5.74) is 7.53. The van der Waals surface area contributed by atoms with Gasteiger partial charge in [-0.05, 0) is 26.0 Å². The molecular formula is C20H27N7O2. The lowest BCUT2D eigenvalue weighted by molar-refractivity contribution is -0.0546. The van der Waals surface area contributed by atoms with Crippen LogP contribution in [0.3, 0.4) is 0 Å². The Hall–Kier alpha value is -2.65. The van der Waals surface area contributed by atoms with E-state index in [1.54, 1.807) is 6.20 Å². The number of nitrogens with zero attached hydrogens (tertiary/aromatic N) is 6. The maximum absolute atomic E-state index is 6.11. The van der Waals surface area contributed by atoms with Gasteiger partial charge in [-0.3, -0.25) is 0 Å². The van der Waals surface area contributed by atoms with Gasteiger partial charge in [-0.15, -0.1) is 0 Å². The van der Waals surface area contributed by atoms with Crippen LogP contribution in [0, 0.1) is 0 Å². The minimum atomic E-state index is -0.322. The molecule has 0 bridgehead atoms. The van der Waals surface area contributed by atoms with Crippen molar-refractivity contribution in [1.82, 2.24) is 15.0 Å². The number of hydrogen-bond acceptors (Lipinski definition) is 9. The average Bonchev–Trinajstić information content (AvgIpc) is 3.01. The van der Waals surface area contributed by atoms with Crippen molar-refractivity contribution in [3.63, 3.8) is 0 Å². The number of likely N-dealkylation sites (N-methyl/N-ethyl adjacent to an activating group) is 1. The van der Waals surface area contributed by atoms with Crippen LogP contribution in [0.2, 0.25) is 0 Å². The second-order valence-corrected chi connectivity index (χ2v) is 8.24. The van der Waals surface area contributed by atoms with Gasteiger partial charge < -0.3 is 29.9 Å². The summed E-state index contributed by atoms with van der Waals surface area (Å²) in [6.07, 6.45) is 1.76. The lowest BCUT2D eigenvalue weighted by Gasteiger charge is -2.45. The number of fused-ring (bicyclic) bond motifs is 3. The van der Waals surface area contributed by atoms with Gasteiger partial charge in [0, 0.05) is 38.4 Å². The third-order valence-corrected chi connectivity index (χ3v) is 5.91. The summed E-state index contributed by atoms with van der Waals surface area (Å²) in [7, 11) is 2.11. The van der Waals surface area contributed by atoms with Gasteiger partial charge in [-0.1, -0.05) is 0 Å². The van der Waals surface area contributed by atoms with Gasteiger partial charge in [0.05, 0.1) is 19.8 Å². The first-order valence-electron chi connectivity index (χ1n) is 10.1. The summed E-state index contributed by atoms with van der Waals surface area (Å²) >= 11 is 0. The molecule has 2 fully saturated rings. The van der Waals surface area contributed by atoms with Crippen LogP contribution in [0.4, 0.5) is 23.1 Å². The SMILES string of the molecule is CN1c2c(N3CCOCC3)nc(-c3ccnc(N)c3)nc2N2CCOC(C)(C)C12. The molecule has 0 spiro atoms. The molecule has 2 aromatic rings. The third kappa shape index (κ3) is 2.96. The van der Waals surface area contributed by atoms with Crippen LogP contribution in [0.25, 0.3) is 11.4 Å². The molecule has 1 atom stereocenters. The highest BCUT2D eigenvalue weighted by atomic mass is 16.5. The van der Waals surface area contributed by atoms with E-state index in [4.69, 9.17) is 25.2 Å². The number of ether oxygens (including phenoxy) is 2. The molecule has 2 saturated heterocycles. The summed E-state index contributed by atoms with van der Waals surface area (Å²) in [6.45, 7) is 8.74. The Morgan fingerprint density at radius 1 is 1.10 bits per heavy atom. The van der Waals surface area contributed by atoms with E-state index < -0.39 is 0 Å². The Kier molecular flexibility index (Phi) is 4.25. The van der Waals surface area contributed by atoms with Crippen LogP contribution < -0.4 is 20.4 Å². The van der Waals surface area contributed by atoms with Crippen molar-refractivity contribution in [3.8, 4) is 11.4 Å². The number of morpholine rings is 2. The summed E-state index contributed by atoms with van der Waals surface area (Å²) in [5, 5.41) is 0. The van der Waals surface area contributed by atoms with E-state index in [1.165, 1.54) is 0 Å². The van der Waals surface area contributed by atoms with Crippen LogP contribution in [0.1, 0.15) is 13.8 Å². The van der Waals surface area contributed by atoms with Crippen molar-refractivity contribution in [2.45, 2.75) is 25.6 Å². The molecule has 9 nitrogen and oxygen atoms in total. The largest absolute Gasteiger partial charge is 0.384 e. The number of nitrogens with two attached hydrogens (primary N) is 1. The fourth-order valence-corrected chi connectivity index (χ4v) is 4.66. The molecule has 29 heavy (non-hydrogen) atoms. The van der Waals surface area contributed by atoms with Crippen molar-refractivity contribution in [3.05, 3.63) is 18.3 Å². The highest BCUT2D eigenvalue weighted by molar-refractivity contribution is 5.86. The number of pyridine rings is 1. The predicted molar refractivity (Wildman–Crippen MR) is 112 cm³/mol. The van der Waals surface area contributed by atoms with Crippen molar-refractivity contribution < 1.29 is 9.47 Å². The van der Waals surface area contributed by atoms with Crippen molar-refractivity contribution >= 4 is 23.1 Å². The summed E-state index contributed by atoms with van der Waals surface area (Å²) in [5.74, 6) is 3.02. The molecule has 3 aliphatic rings. The number of hydrogen-bond donors (Lipinski definition) is 1. The number of aromatic nitrogens is 3. The second kappa shape index (κ2) is 6.70. The number of rotatable bonds is 2. The van der Waals surface area contributed by atoms with E-state index in [0.29, 0.717) is 31.5 Å². The topological polar surface area (TPSA) is 92.9 Å². The Morgan fingerprint density at radius 3 is 2.62 bits per heavy atom. The minimum Gasteiger partial charge on any atom is -0.384 e. The van der Waals surface area contributed by atoms with Crippen LogP contribution in [-0.4, -0.2) is 73.2 Å². The summed E-state index contributed by atoms with van der Waals surface area (Å²) < 4.78 is 11.7. The van der Waals surface area contributed by atoms with E-state index in [0.717, 1.165) is 42.5 Å². The van der Waals surface area contributed by atoms with Gasteiger partial charge in [0.2, 0.25) is 0 Å². The highest BCUT2D eigenvalue weighted by Gasteiger charge is 2.49. The molecular weight excluding hydrogens is 370 g/mol. The van der Waals surface area contributed by atoms with Gasteiger partial charge in [-0.25, -0.2) is 15.0 Å². The average molecular weight is 397 g/mol. The Morgan fingerprint density at radius 2 is 1.86 bits per heavy atom. The summed E-state index contributed by atoms with van der Waals surface area (Å²) in [6, 6.07) is 3.73. The molecule has 2 N–H and O–H groups in total. The van der Waals surface area contributed by atoms with E-state index in [9.17, 15) is 0 Å².